The predicted octanol–water partition coefficient (Wildman–Crippen LogP) is 4.46. The van der Waals surface area contributed by atoms with Crippen LogP contribution in [0.1, 0.15) is 29.3 Å². The number of nitriles is 1. The summed E-state index contributed by atoms with van der Waals surface area (Å²) in [6.07, 6.45) is 5.03. The quantitative estimate of drug-likeness (QED) is 0.467. The molecule has 2 aromatic carbocycles. The number of ketones is 1. The minimum absolute atomic E-state index is 0.0468. The Balaban J connectivity index is 1.79. The van der Waals surface area contributed by atoms with Gasteiger partial charge in [-0.3, -0.25) is 14.3 Å². The molecule has 0 atom stereocenters. The average molecular weight is 402 g/mol. The first-order chi connectivity index (χ1) is 14.5. The van der Waals surface area contributed by atoms with Gasteiger partial charge >= 0.3 is 0 Å². The van der Waals surface area contributed by atoms with Gasteiger partial charge < -0.3 is 5.32 Å². The molecule has 0 saturated carbocycles. The van der Waals surface area contributed by atoms with Crippen LogP contribution >= 0.6 is 0 Å². The van der Waals surface area contributed by atoms with Crippen LogP contribution in [0.4, 0.5) is 10.1 Å². The largest absolute Gasteiger partial charge is 0.323 e. The topological polar surface area (TPSA) is 87.8 Å². The molecular weight excluding hydrogens is 383 g/mol. The first-order valence-corrected chi connectivity index (χ1v) is 9.26. The molecule has 0 unspecified atom stereocenters. The Morgan fingerprint density at radius 3 is 2.50 bits per heavy atom. The van der Waals surface area contributed by atoms with Gasteiger partial charge in [-0.25, -0.2) is 4.39 Å². The number of carbonyl (C=O) groups excluding carboxylic acids is 2. The molecule has 0 bridgehead atoms. The van der Waals surface area contributed by atoms with Crippen molar-refractivity contribution >= 4 is 23.5 Å². The van der Waals surface area contributed by atoms with E-state index in [9.17, 15) is 14.0 Å². The summed E-state index contributed by atoms with van der Waals surface area (Å²) >= 11 is 0. The highest BCUT2D eigenvalue weighted by Crippen LogP contribution is 2.24. The summed E-state index contributed by atoms with van der Waals surface area (Å²) in [7, 11) is 0. The van der Waals surface area contributed by atoms with Gasteiger partial charge in [-0.1, -0.05) is 0 Å². The van der Waals surface area contributed by atoms with Gasteiger partial charge in [0.15, 0.2) is 5.78 Å². The van der Waals surface area contributed by atoms with Crippen molar-refractivity contribution in [2.45, 2.75) is 19.9 Å². The van der Waals surface area contributed by atoms with E-state index in [-0.39, 0.29) is 17.5 Å². The van der Waals surface area contributed by atoms with Crippen LogP contribution < -0.4 is 5.32 Å². The summed E-state index contributed by atoms with van der Waals surface area (Å²) in [5, 5.41) is 16.0. The highest BCUT2D eigenvalue weighted by atomic mass is 19.1. The Morgan fingerprint density at radius 1 is 1.17 bits per heavy atom. The van der Waals surface area contributed by atoms with Gasteiger partial charge in [0.05, 0.1) is 24.7 Å². The molecule has 3 rings (SSSR count). The van der Waals surface area contributed by atoms with Crippen LogP contribution in [0.5, 0.6) is 0 Å². The van der Waals surface area contributed by atoms with Gasteiger partial charge in [-0.15, -0.1) is 0 Å². The number of hydrogen-bond acceptors (Lipinski definition) is 4. The zero-order valence-corrected chi connectivity index (χ0v) is 16.3. The highest BCUT2D eigenvalue weighted by Gasteiger charge is 2.10. The van der Waals surface area contributed by atoms with Crippen LogP contribution in [0.2, 0.25) is 0 Å². The smallest absolute Gasteiger partial charge is 0.248 e. The number of Topliss-reactive ketones (excluding diaryl/α,β-unsaturated/α-hetero) is 1. The lowest BCUT2D eigenvalue weighted by Crippen LogP contribution is -2.07. The Hall–Kier alpha value is -4.05. The third kappa shape index (κ3) is 5.26. The maximum Gasteiger partial charge on any atom is 0.248 e. The summed E-state index contributed by atoms with van der Waals surface area (Å²) in [5.74, 6) is -0.746. The van der Waals surface area contributed by atoms with Crippen LogP contribution in [0.15, 0.2) is 60.8 Å². The van der Waals surface area contributed by atoms with Crippen molar-refractivity contribution in [3.8, 4) is 17.3 Å². The molecule has 1 aromatic heterocycles. The molecule has 1 heterocycles. The van der Waals surface area contributed by atoms with E-state index in [1.54, 1.807) is 53.4 Å². The second-order valence-corrected chi connectivity index (χ2v) is 6.57. The summed E-state index contributed by atoms with van der Waals surface area (Å²) in [4.78, 5) is 23.6. The summed E-state index contributed by atoms with van der Waals surface area (Å²) < 4.78 is 14.9. The van der Waals surface area contributed by atoms with Crippen LogP contribution in [0.25, 0.3) is 17.3 Å². The third-order valence-electron chi connectivity index (χ3n) is 4.33. The number of benzene rings is 2. The molecule has 3 aromatic rings. The first-order valence-electron chi connectivity index (χ1n) is 9.26. The van der Waals surface area contributed by atoms with E-state index in [4.69, 9.17) is 5.26 Å². The molecule has 6 nitrogen and oxygen atoms in total. The Labute approximate surface area is 173 Å². The average Bonchev–Trinajstić information content (AvgIpc) is 3.14. The van der Waals surface area contributed by atoms with Gasteiger partial charge in [-0.2, -0.15) is 10.4 Å². The van der Waals surface area contributed by atoms with Crippen LogP contribution in [-0.4, -0.2) is 21.5 Å². The minimum atomic E-state index is -0.352. The van der Waals surface area contributed by atoms with E-state index in [0.29, 0.717) is 41.0 Å². The standard InChI is InChI=1S/C23H19FN4O2/c1-16(29)17-5-10-21(11-6-17)26-22(30)12-7-19-15-28(14-2-13-25)27-23(19)18-3-8-20(24)9-4-18/h3-12,15H,2,14H2,1H3,(H,26,30)/b12-7+. The second-order valence-electron chi connectivity index (χ2n) is 6.57. The number of aromatic nitrogens is 2. The van der Waals surface area contributed by atoms with Gasteiger partial charge in [0.1, 0.15) is 5.82 Å². The van der Waals surface area contributed by atoms with E-state index in [1.807, 2.05) is 0 Å². The fourth-order valence-electron chi connectivity index (χ4n) is 2.81. The maximum absolute atomic E-state index is 13.3. The van der Waals surface area contributed by atoms with Crippen LogP contribution in [0.3, 0.4) is 0 Å². The van der Waals surface area contributed by atoms with Gasteiger partial charge in [0.25, 0.3) is 0 Å². The Morgan fingerprint density at radius 2 is 1.87 bits per heavy atom. The zero-order valence-electron chi connectivity index (χ0n) is 16.3. The number of nitrogens with one attached hydrogen (secondary N) is 1. The molecule has 0 aliphatic heterocycles. The molecule has 1 amide bonds. The molecule has 30 heavy (non-hydrogen) atoms. The molecule has 7 heteroatoms. The first kappa shape index (κ1) is 20.7. The van der Waals surface area contributed by atoms with Crippen LogP contribution in [-0.2, 0) is 11.3 Å². The Kier molecular flexibility index (Phi) is 6.50. The van der Waals surface area contributed by atoms with Gasteiger partial charge in [0.2, 0.25) is 5.91 Å². The number of amides is 1. The molecule has 150 valence electrons. The molecule has 1 N–H and O–H groups in total. The van der Waals surface area contributed by atoms with Crippen molar-refractivity contribution in [2.24, 2.45) is 0 Å². The number of nitrogens with zero attached hydrogens (tertiary/aromatic N) is 3. The molecule has 0 saturated heterocycles. The molecule has 0 fully saturated rings. The lowest BCUT2D eigenvalue weighted by Gasteiger charge is -2.03. The van der Waals surface area contributed by atoms with E-state index in [1.165, 1.54) is 25.1 Å². The second kappa shape index (κ2) is 9.43. The van der Waals surface area contributed by atoms with E-state index < -0.39 is 0 Å². The number of hydrogen-bond donors (Lipinski definition) is 1. The van der Waals surface area contributed by atoms with Gasteiger partial charge in [-0.05, 0) is 61.5 Å². The van der Waals surface area contributed by atoms with Crippen molar-refractivity contribution in [1.82, 2.24) is 9.78 Å². The van der Waals surface area contributed by atoms with E-state index in [2.05, 4.69) is 16.5 Å². The fourth-order valence-corrected chi connectivity index (χ4v) is 2.81. The summed E-state index contributed by atoms with van der Waals surface area (Å²) in [6.45, 7) is 1.89. The molecule has 0 radical (unpaired) electrons. The van der Waals surface area contributed by atoms with E-state index in [0.717, 1.165) is 0 Å². The summed E-state index contributed by atoms with van der Waals surface area (Å²) in [6, 6.07) is 14.6. The van der Waals surface area contributed by atoms with E-state index >= 15 is 0 Å². The molecule has 0 aliphatic carbocycles. The van der Waals surface area contributed by atoms with Crippen molar-refractivity contribution in [3.05, 3.63) is 77.7 Å². The summed E-state index contributed by atoms with van der Waals surface area (Å²) in [5.41, 5.74) is 3.09. The van der Waals surface area contributed by atoms with Crippen molar-refractivity contribution in [1.29, 1.82) is 5.26 Å². The van der Waals surface area contributed by atoms with Crippen molar-refractivity contribution in [3.63, 3.8) is 0 Å². The molecule has 0 aliphatic rings. The maximum atomic E-state index is 13.3. The predicted molar refractivity (Wildman–Crippen MR) is 112 cm³/mol. The van der Waals surface area contributed by atoms with Gasteiger partial charge in [0, 0.05) is 34.7 Å². The fraction of sp³-hybridized carbons (Fsp3) is 0.130. The Bertz CT molecular complexity index is 1120. The lowest BCUT2D eigenvalue weighted by atomic mass is 10.1. The van der Waals surface area contributed by atoms with Crippen molar-refractivity contribution < 1.29 is 14.0 Å². The number of aryl methyl sites for hydroxylation is 1. The molecular formula is C23H19FN4O2. The third-order valence-corrected chi connectivity index (χ3v) is 4.33. The zero-order chi connectivity index (χ0) is 21.5. The minimum Gasteiger partial charge on any atom is -0.323 e. The lowest BCUT2D eigenvalue weighted by molar-refractivity contribution is -0.111. The number of carbonyl (C=O) groups is 2. The van der Waals surface area contributed by atoms with Crippen molar-refractivity contribution in [2.75, 3.05) is 5.32 Å². The SMILES string of the molecule is CC(=O)c1ccc(NC(=O)/C=C/c2cn(CCC#N)nc2-c2ccc(F)cc2)cc1. The molecule has 0 spiro atoms. The van der Waals surface area contributed by atoms with Crippen LogP contribution in [0, 0.1) is 17.1 Å². The number of rotatable bonds is 7. The monoisotopic (exact) mass is 402 g/mol. The highest BCUT2D eigenvalue weighted by molar-refractivity contribution is 6.02. The number of anilines is 1. The normalized spacial score (nSPS) is 10.7. The number of halogens is 1.